The van der Waals surface area contributed by atoms with Crippen molar-refractivity contribution >= 4 is 37.2 Å². The molecular weight excluding hydrogens is 713 g/mol. The van der Waals surface area contributed by atoms with Gasteiger partial charge in [0.2, 0.25) is 5.91 Å². The van der Waals surface area contributed by atoms with Gasteiger partial charge in [-0.2, -0.15) is 20.5 Å². The smallest absolute Gasteiger partial charge is 0.399 e. The molecular formula is C38H73F2N2O8PS. The van der Waals surface area contributed by atoms with Crippen molar-refractivity contribution in [3.8, 4) is 0 Å². The Morgan fingerprint density at radius 2 is 1.15 bits per heavy atom. The lowest BCUT2D eigenvalue weighted by molar-refractivity contribution is -0.157. The van der Waals surface area contributed by atoms with Gasteiger partial charge in [-0.15, -0.1) is 0 Å². The van der Waals surface area contributed by atoms with Crippen LogP contribution < -0.4 is 11.1 Å². The summed E-state index contributed by atoms with van der Waals surface area (Å²) < 4.78 is 62.3. The number of amides is 1. The van der Waals surface area contributed by atoms with Crippen molar-refractivity contribution < 1.29 is 46.3 Å². The number of nitrogens with two attached hydrogens (primary N) is 1. The van der Waals surface area contributed by atoms with Gasteiger partial charge in [0.05, 0.1) is 19.3 Å². The number of hydrogen-bond acceptors (Lipinski definition) is 10. The van der Waals surface area contributed by atoms with Crippen LogP contribution in [0.15, 0.2) is 0 Å². The van der Waals surface area contributed by atoms with Crippen LogP contribution in [0, 0.1) is 0 Å². The second-order valence-corrected chi connectivity index (χ2v) is 16.7. The SMILES string of the molecule is CCCCCCCCCCCC(=O)OC[C@H](CSC[C@H](N)C(=O)NCCCC(F)(F)P(=O)(OCC)OCC)OC(=O)CCCCCCCCCCC. The number of hydrogen-bond donors (Lipinski definition) is 2. The van der Waals surface area contributed by atoms with Crippen molar-refractivity contribution in [2.24, 2.45) is 5.73 Å². The number of halogens is 2. The summed E-state index contributed by atoms with van der Waals surface area (Å²) in [6.45, 7) is 6.78. The van der Waals surface area contributed by atoms with Crippen molar-refractivity contribution in [2.45, 2.75) is 187 Å². The first-order valence-corrected chi connectivity index (χ1v) is 22.9. The van der Waals surface area contributed by atoms with Crippen molar-refractivity contribution in [3.05, 3.63) is 0 Å². The predicted octanol–water partition coefficient (Wildman–Crippen LogP) is 10.1. The van der Waals surface area contributed by atoms with Gasteiger partial charge in [-0.05, 0) is 33.1 Å². The number of carbonyl (C=O) groups excluding carboxylic acids is 3. The Labute approximate surface area is 318 Å². The van der Waals surface area contributed by atoms with E-state index >= 15 is 0 Å². The highest BCUT2D eigenvalue weighted by atomic mass is 32.2. The van der Waals surface area contributed by atoms with Crippen LogP contribution in [0.5, 0.6) is 0 Å². The Bertz CT molecular complexity index is 956. The normalized spacial score (nSPS) is 13.1. The summed E-state index contributed by atoms with van der Waals surface area (Å²) in [5.74, 6) is -0.759. The first-order valence-electron chi connectivity index (χ1n) is 20.2. The third-order valence-electron chi connectivity index (χ3n) is 8.59. The molecule has 52 heavy (non-hydrogen) atoms. The number of alkyl halides is 2. The van der Waals surface area contributed by atoms with Gasteiger partial charge in [-0.1, -0.05) is 117 Å². The van der Waals surface area contributed by atoms with Gasteiger partial charge in [0, 0.05) is 37.3 Å². The molecule has 10 nitrogen and oxygen atoms in total. The molecule has 0 heterocycles. The summed E-state index contributed by atoms with van der Waals surface area (Å²) in [5, 5.41) is 2.54. The number of thioether (sulfide) groups is 1. The highest BCUT2D eigenvalue weighted by molar-refractivity contribution is 7.99. The molecule has 3 N–H and O–H groups in total. The van der Waals surface area contributed by atoms with E-state index in [-0.39, 0.29) is 62.7 Å². The quantitative estimate of drug-likeness (QED) is 0.0355. The predicted molar refractivity (Wildman–Crippen MR) is 208 cm³/mol. The van der Waals surface area contributed by atoms with E-state index in [4.69, 9.17) is 24.3 Å². The maximum Gasteiger partial charge on any atom is 0.399 e. The fourth-order valence-electron chi connectivity index (χ4n) is 5.53. The van der Waals surface area contributed by atoms with Gasteiger partial charge < -0.3 is 29.6 Å². The van der Waals surface area contributed by atoms with Crippen molar-refractivity contribution in [3.63, 3.8) is 0 Å². The molecule has 0 unspecified atom stereocenters. The van der Waals surface area contributed by atoms with Crippen LogP contribution in [-0.4, -0.2) is 73.5 Å². The van der Waals surface area contributed by atoms with Crippen LogP contribution in [0.1, 0.15) is 169 Å². The van der Waals surface area contributed by atoms with Gasteiger partial charge in [-0.3, -0.25) is 18.9 Å². The number of carbonyl (C=O) groups is 3. The third-order valence-corrected chi connectivity index (χ3v) is 12.0. The molecule has 0 aromatic heterocycles. The van der Waals surface area contributed by atoms with Crippen molar-refractivity contribution in [1.82, 2.24) is 5.32 Å². The molecule has 0 saturated heterocycles. The lowest BCUT2D eigenvalue weighted by atomic mass is 10.1. The summed E-state index contributed by atoms with van der Waals surface area (Å²) in [4.78, 5) is 37.7. The monoisotopic (exact) mass is 786 g/mol. The molecule has 308 valence electrons. The van der Waals surface area contributed by atoms with E-state index in [1.165, 1.54) is 96.2 Å². The molecule has 0 radical (unpaired) electrons. The van der Waals surface area contributed by atoms with E-state index in [2.05, 4.69) is 19.2 Å². The molecule has 0 saturated carbocycles. The van der Waals surface area contributed by atoms with Crippen LogP contribution >= 0.6 is 19.4 Å². The fourth-order valence-corrected chi connectivity index (χ4v) is 8.06. The minimum atomic E-state index is -4.62. The van der Waals surface area contributed by atoms with Crippen LogP contribution in [0.2, 0.25) is 0 Å². The zero-order valence-corrected chi connectivity index (χ0v) is 34.6. The Morgan fingerprint density at radius 1 is 0.692 bits per heavy atom. The molecule has 0 spiro atoms. The molecule has 0 aromatic rings. The molecule has 0 aliphatic rings. The minimum absolute atomic E-state index is 0.0737. The van der Waals surface area contributed by atoms with Crippen molar-refractivity contribution in [2.75, 3.05) is 37.9 Å². The zero-order valence-electron chi connectivity index (χ0n) is 32.9. The van der Waals surface area contributed by atoms with Crippen LogP contribution in [-0.2, 0) is 37.5 Å². The number of unbranched alkanes of at least 4 members (excludes halogenated alkanes) is 16. The molecule has 1 amide bonds. The highest BCUT2D eigenvalue weighted by Crippen LogP contribution is 2.63. The van der Waals surface area contributed by atoms with Gasteiger partial charge in [0.1, 0.15) is 12.7 Å². The van der Waals surface area contributed by atoms with E-state index < -0.39 is 37.7 Å². The van der Waals surface area contributed by atoms with Crippen LogP contribution in [0.4, 0.5) is 8.78 Å². The van der Waals surface area contributed by atoms with E-state index in [0.717, 1.165) is 44.9 Å². The lowest BCUT2D eigenvalue weighted by Gasteiger charge is -2.25. The zero-order chi connectivity index (χ0) is 38.9. The molecule has 2 atom stereocenters. The third kappa shape index (κ3) is 26.5. The summed E-state index contributed by atoms with van der Waals surface area (Å²) in [5.41, 5.74) is 2.35. The number of ether oxygens (including phenoxy) is 2. The van der Waals surface area contributed by atoms with E-state index in [9.17, 15) is 27.7 Å². The van der Waals surface area contributed by atoms with Gasteiger partial charge in [0.15, 0.2) is 0 Å². The number of esters is 2. The first kappa shape index (κ1) is 50.7. The maximum absolute atomic E-state index is 14.6. The van der Waals surface area contributed by atoms with E-state index in [0.29, 0.717) is 6.42 Å². The maximum atomic E-state index is 14.6. The Hall–Kier alpha value is -1.27. The Kier molecular flexibility index (Phi) is 32.3. The standard InChI is InChI=1S/C38H73F2N2O8PS/c1-5-9-11-13-15-17-19-21-23-26-35(43)47-30-33(50-36(44)27-24-22-20-18-16-14-12-10-6-2)31-52-32-34(41)37(45)42-29-25-28-38(39,40)51(46,48-7-3)49-8-4/h33-34H,5-32,41H2,1-4H3,(H,42,45)/t33-,34+/m1/s1. The van der Waals surface area contributed by atoms with Crippen LogP contribution in [0.3, 0.4) is 0 Å². The van der Waals surface area contributed by atoms with E-state index in [1.807, 2.05) is 0 Å². The van der Waals surface area contributed by atoms with E-state index in [1.54, 1.807) is 0 Å². The highest BCUT2D eigenvalue weighted by Gasteiger charge is 2.52. The summed E-state index contributed by atoms with van der Waals surface area (Å²) in [6, 6.07) is -0.948. The lowest BCUT2D eigenvalue weighted by Crippen LogP contribution is -2.43. The Morgan fingerprint density at radius 3 is 1.63 bits per heavy atom. The topological polar surface area (TPSA) is 143 Å². The summed E-state index contributed by atoms with van der Waals surface area (Å²) in [6.07, 6.45) is 19.4. The molecule has 0 aliphatic carbocycles. The number of rotatable bonds is 37. The molecule has 0 rings (SSSR count). The average Bonchev–Trinajstić information content (AvgIpc) is 3.10. The number of nitrogens with one attached hydrogen (secondary N) is 1. The molecule has 0 bridgehead atoms. The second-order valence-electron chi connectivity index (χ2n) is 13.5. The summed E-state index contributed by atoms with van der Waals surface area (Å²) in [7, 11) is -4.62. The minimum Gasteiger partial charge on any atom is -0.462 e. The summed E-state index contributed by atoms with van der Waals surface area (Å²) >= 11 is 1.28. The molecule has 0 aliphatic heterocycles. The molecule has 0 aromatic carbocycles. The largest absolute Gasteiger partial charge is 0.462 e. The van der Waals surface area contributed by atoms with Gasteiger partial charge in [-0.25, -0.2) is 0 Å². The van der Waals surface area contributed by atoms with Crippen molar-refractivity contribution in [1.29, 1.82) is 0 Å². The van der Waals surface area contributed by atoms with Crippen LogP contribution in [0.25, 0.3) is 0 Å². The first-order chi connectivity index (χ1) is 25.0. The Balaban J connectivity index is 4.74. The second kappa shape index (κ2) is 33.1. The van der Waals surface area contributed by atoms with Gasteiger partial charge in [0.25, 0.3) is 0 Å². The molecule has 0 fully saturated rings. The average molecular weight is 787 g/mol. The molecule has 14 heteroatoms. The fraction of sp³-hybridized carbons (Fsp3) is 0.921. The van der Waals surface area contributed by atoms with Gasteiger partial charge >= 0.3 is 25.2 Å².